The van der Waals surface area contributed by atoms with Gasteiger partial charge in [0.2, 0.25) is 0 Å². The highest BCUT2D eigenvalue weighted by Gasteiger charge is 2.19. The van der Waals surface area contributed by atoms with Crippen molar-refractivity contribution in [2.45, 2.75) is 6.42 Å². The first-order valence-electron chi connectivity index (χ1n) is 6.62. The fraction of sp³-hybridized carbons (Fsp3) is 0.188. The number of para-hydroxylation sites is 1. The van der Waals surface area contributed by atoms with Gasteiger partial charge in [-0.1, -0.05) is 28.1 Å². The van der Waals surface area contributed by atoms with E-state index in [2.05, 4.69) is 21.2 Å². The second kappa shape index (κ2) is 5.85. The SMILES string of the molecule is O=C(Cc1ccc(F)cc1Br)c1cccc2c1OCCN2. The standard InChI is InChI=1S/C16H13BrFNO2/c17-13-9-11(18)5-4-10(13)8-15(20)12-2-1-3-14-16(12)21-7-6-19-14/h1-5,9,19H,6-8H2. The first-order chi connectivity index (χ1) is 10.1. The second-order valence-corrected chi connectivity index (χ2v) is 5.65. The molecule has 0 bridgehead atoms. The van der Waals surface area contributed by atoms with Gasteiger partial charge in [-0.25, -0.2) is 4.39 Å². The number of halogens is 2. The summed E-state index contributed by atoms with van der Waals surface area (Å²) >= 11 is 3.29. The van der Waals surface area contributed by atoms with Crippen molar-refractivity contribution in [1.82, 2.24) is 0 Å². The molecule has 21 heavy (non-hydrogen) atoms. The van der Waals surface area contributed by atoms with Crippen molar-refractivity contribution in [3.63, 3.8) is 0 Å². The molecule has 3 rings (SSSR count). The van der Waals surface area contributed by atoms with Gasteiger partial charge >= 0.3 is 0 Å². The Labute approximate surface area is 130 Å². The van der Waals surface area contributed by atoms with Gasteiger partial charge < -0.3 is 10.1 Å². The van der Waals surface area contributed by atoms with Gasteiger partial charge in [-0.3, -0.25) is 4.79 Å². The highest BCUT2D eigenvalue weighted by molar-refractivity contribution is 9.10. The molecule has 1 N–H and O–H groups in total. The van der Waals surface area contributed by atoms with E-state index in [4.69, 9.17) is 4.74 Å². The summed E-state index contributed by atoms with van der Waals surface area (Å²) in [5, 5.41) is 3.20. The van der Waals surface area contributed by atoms with Crippen molar-refractivity contribution in [3.8, 4) is 5.75 Å². The van der Waals surface area contributed by atoms with Crippen LogP contribution in [0.2, 0.25) is 0 Å². The van der Waals surface area contributed by atoms with Crippen LogP contribution in [0, 0.1) is 5.82 Å². The Kier molecular flexibility index (Phi) is 3.92. The van der Waals surface area contributed by atoms with E-state index < -0.39 is 0 Å². The van der Waals surface area contributed by atoms with Crippen molar-refractivity contribution >= 4 is 27.4 Å². The maximum atomic E-state index is 13.1. The zero-order valence-electron chi connectivity index (χ0n) is 11.2. The molecule has 0 aliphatic carbocycles. The molecule has 3 nitrogen and oxygen atoms in total. The molecule has 0 fully saturated rings. The van der Waals surface area contributed by atoms with Crippen LogP contribution in [0.3, 0.4) is 0 Å². The van der Waals surface area contributed by atoms with E-state index in [9.17, 15) is 9.18 Å². The van der Waals surface area contributed by atoms with Gasteiger partial charge in [-0.2, -0.15) is 0 Å². The van der Waals surface area contributed by atoms with Crippen molar-refractivity contribution in [3.05, 3.63) is 57.8 Å². The van der Waals surface area contributed by atoms with Gasteiger partial charge in [0.05, 0.1) is 11.3 Å². The monoisotopic (exact) mass is 349 g/mol. The summed E-state index contributed by atoms with van der Waals surface area (Å²) in [4.78, 5) is 12.5. The molecule has 0 unspecified atom stereocenters. The van der Waals surface area contributed by atoms with Crippen LogP contribution in [0.5, 0.6) is 5.75 Å². The van der Waals surface area contributed by atoms with Crippen LogP contribution < -0.4 is 10.1 Å². The van der Waals surface area contributed by atoms with E-state index >= 15 is 0 Å². The van der Waals surface area contributed by atoms with Crippen LogP contribution in [0.4, 0.5) is 10.1 Å². The molecule has 0 saturated carbocycles. The number of hydrogen-bond acceptors (Lipinski definition) is 3. The molecule has 1 aliphatic heterocycles. The molecule has 1 heterocycles. The Hall–Kier alpha value is -1.88. The zero-order valence-corrected chi connectivity index (χ0v) is 12.7. The average Bonchev–Trinajstić information content (AvgIpc) is 2.49. The number of carbonyl (C=O) groups excluding carboxylic acids is 1. The third kappa shape index (κ3) is 2.93. The van der Waals surface area contributed by atoms with Crippen molar-refractivity contribution in [2.75, 3.05) is 18.5 Å². The molecule has 0 saturated heterocycles. The number of fused-ring (bicyclic) bond motifs is 1. The minimum absolute atomic E-state index is 0.0529. The van der Waals surface area contributed by atoms with Crippen molar-refractivity contribution in [2.24, 2.45) is 0 Å². The Morgan fingerprint density at radius 2 is 2.19 bits per heavy atom. The summed E-state index contributed by atoms with van der Waals surface area (Å²) in [5.74, 6) is 0.220. The van der Waals surface area contributed by atoms with E-state index in [1.165, 1.54) is 12.1 Å². The molecule has 0 atom stereocenters. The summed E-state index contributed by atoms with van der Waals surface area (Å²) in [7, 11) is 0. The molecule has 1 aliphatic rings. The number of Topliss-reactive ketones (excluding diaryl/α,β-unsaturated/α-hetero) is 1. The maximum Gasteiger partial charge on any atom is 0.171 e. The minimum atomic E-state index is -0.331. The molecule has 2 aromatic rings. The summed E-state index contributed by atoms with van der Waals surface area (Å²) < 4.78 is 19.3. The quantitative estimate of drug-likeness (QED) is 0.856. The molecule has 2 aromatic carbocycles. The lowest BCUT2D eigenvalue weighted by molar-refractivity contribution is 0.0988. The van der Waals surface area contributed by atoms with Crippen LogP contribution in [0.15, 0.2) is 40.9 Å². The highest BCUT2D eigenvalue weighted by Crippen LogP contribution is 2.32. The van der Waals surface area contributed by atoms with Crippen molar-refractivity contribution in [1.29, 1.82) is 0 Å². The Balaban J connectivity index is 1.89. The predicted octanol–water partition coefficient (Wildman–Crippen LogP) is 3.82. The van der Waals surface area contributed by atoms with E-state index in [0.717, 1.165) is 17.8 Å². The topological polar surface area (TPSA) is 38.3 Å². The molecular formula is C16H13BrFNO2. The first-order valence-corrected chi connectivity index (χ1v) is 7.41. The summed E-state index contributed by atoms with van der Waals surface area (Å²) in [5.41, 5.74) is 2.14. The molecule has 0 aromatic heterocycles. The summed E-state index contributed by atoms with van der Waals surface area (Å²) in [6.45, 7) is 1.27. The second-order valence-electron chi connectivity index (χ2n) is 4.79. The van der Waals surface area contributed by atoms with Crippen LogP contribution in [0.1, 0.15) is 15.9 Å². The largest absolute Gasteiger partial charge is 0.489 e. The molecule has 0 amide bonds. The van der Waals surface area contributed by atoms with E-state index in [1.54, 1.807) is 12.1 Å². The summed E-state index contributed by atoms with van der Waals surface area (Å²) in [6.07, 6.45) is 0.195. The van der Waals surface area contributed by atoms with Crippen LogP contribution in [-0.2, 0) is 6.42 Å². The van der Waals surface area contributed by atoms with Gasteiger partial charge in [0.1, 0.15) is 12.4 Å². The Bertz CT molecular complexity index is 703. The maximum absolute atomic E-state index is 13.1. The molecule has 108 valence electrons. The Morgan fingerprint density at radius 3 is 3.00 bits per heavy atom. The number of ether oxygens (including phenoxy) is 1. The fourth-order valence-electron chi connectivity index (χ4n) is 2.32. The number of rotatable bonds is 3. The third-order valence-electron chi connectivity index (χ3n) is 3.35. The minimum Gasteiger partial charge on any atom is -0.489 e. The van der Waals surface area contributed by atoms with Crippen molar-refractivity contribution < 1.29 is 13.9 Å². The number of carbonyl (C=O) groups is 1. The smallest absolute Gasteiger partial charge is 0.171 e. The van der Waals surface area contributed by atoms with Gasteiger partial charge in [0.15, 0.2) is 11.5 Å². The lowest BCUT2D eigenvalue weighted by atomic mass is 10.0. The number of ketones is 1. The highest BCUT2D eigenvalue weighted by atomic mass is 79.9. The fourth-order valence-corrected chi connectivity index (χ4v) is 2.81. The van der Waals surface area contributed by atoms with Gasteiger partial charge in [-0.05, 0) is 29.8 Å². The molecule has 5 heteroatoms. The number of nitrogens with one attached hydrogen (secondary N) is 1. The number of benzene rings is 2. The van der Waals surface area contributed by atoms with Gasteiger partial charge in [0, 0.05) is 17.4 Å². The normalized spacial score (nSPS) is 13.0. The molecule has 0 radical (unpaired) electrons. The van der Waals surface area contributed by atoms with Crippen LogP contribution in [-0.4, -0.2) is 18.9 Å². The number of anilines is 1. The van der Waals surface area contributed by atoms with Gasteiger partial charge in [-0.15, -0.1) is 0 Å². The van der Waals surface area contributed by atoms with E-state index in [-0.39, 0.29) is 18.0 Å². The molecule has 0 spiro atoms. The molecular weight excluding hydrogens is 337 g/mol. The third-order valence-corrected chi connectivity index (χ3v) is 4.08. The number of hydrogen-bond donors (Lipinski definition) is 1. The van der Waals surface area contributed by atoms with Crippen LogP contribution >= 0.6 is 15.9 Å². The van der Waals surface area contributed by atoms with E-state index in [1.807, 2.05) is 12.1 Å². The van der Waals surface area contributed by atoms with Gasteiger partial charge in [0.25, 0.3) is 0 Å². The average molecular weight is 350 g/mol. The summed E-state index contributed by atoms with van der Waals surface area (Å²) in [6, 6.07) is 9.80. The van der Waals surface area contributed by atoms with E-state index in [0.29, 0.717) is 22.4 Å². The first kappa shape index (κ1) is 14.1. The zero-order chi connectivity index (χ0) is 14.8. The predicted molar refractivity (Wildman–Crippen MR) is 82.6 cm³/mol. The lowest BCUT2D eigenvalue weighted by Gasteiger charge is -2.21. The van der Waals surface area contributed by atoms with Crippen LogP contribution in [0.25, 0.3) is 0 Å². The Morgan fingerprint density at radius 1 is 1.33 bits per heavy atom. The lowest BCUT2D eigenvalue weighted by Crippen LogP contribution is -2.20.